The average Bonchev–Trinajstić information content (AvgIpc) is 2.96. The first-order valence-corrected chi connectivity index (χ1v) is 9.13. The summed E-state index contributed by atoms with van der Waals surface area (Å²) in [6.07, 6.45) is 7.96. The third-order valence-corrected chi connectivity index (χ3v) is 5.58. The van der Waals surface area contributed by atoms with Gasteiger partial charge in [-0.1, -0.05) is 19.3 Å². The molecular formula is C15H30IN3OS. The highest BCUT2D eigenvalue weighted by molar-refractivity contribution is 14.0. The summed E-state index contributed by atoms with van der Waals surface area (Å²) < 4.78 is 0. The molecular weight excluding hydrogens is 397 g/mol. The second-order valence-electron chi connectivity index (χ2n) is 6.00. The van der Waals surface area contributed by atoms with Gasteiger partial charge in [-0.3, -0.25) is 4.99 Å². The van der Waals surface area contributed by atoms with E-state index in [1.165, 1.54) is 25.0 Å². The highest BCUT2D eigenvalue weighted by atomic mass is 127. The maximum Gasteiger partial charge on any atom is 0.191 e. The third kappa shape index (κ3) is 6.95. The van der Waals surface area contributed by atoms with Gasteiger partial charge in [-0.25, -0.2) is 0 Å². The molecule has 0 spiro atoms. The number of hydrogen-bond acceptors (Lipinski definition) is 3. The van der Waals surface area contributed by atoms with Crippen LogP contribution in [0.1, 0.15) is 51.9 Å². The standard InChI is InChI=1S/C15H29N3OS.HI/c1-2-16-14(17-11-13-7-6-10-20-13)18-12-15(19)8-4-3-5-9-15;/h13,19H,2-12H2,1H3,(H2,16,17,18);1H. The first kappa shape index (κ1) is 19.4. The third-order valence-electron chi connectivity index (χ3n) is 4.18. The van der Waals surface area contributed by atoms with Gasteiger partial charge < -0.3 is 15.7 Å². The number of halogens is 1. The van der Waals surface area contributed by atoms with Crippen molar-refractivity contribution in [3.8, 4) is 0 Å². The maximum absolute atomic E-state index is 10.5. The fourth-order valence-electron chi connectivity index (χ4n) is 2.95. The molecule has 2 aliphatic rings. The van der Waals surface area contributed by atoms with Gasteiger partial charge in [0.1, 0.15) is 0 Å². The summed E-state index contributed by atoms with van der Waals surface area (Å²) >= 11 is 2.05. The SMILES string of the molecule is CCNC(=NCC1(O)CCCCC1)NCC1CCCS1.I. The predicted molar refractivity (Wildman–Crippen MR) is 103 cm³/mol. The van der Waals surface area contributed by atoms with Gasteiger partial charge in [0.25, 0.3) is 0 Å². The van der Waals surface area contributed by atoms with Crippen LogP contribution in [-0.4, -0.2) is 47.3 Å². The molecule has 0 aromatic rings. The number of rotatable bonds is 5. The number of nitrogens with zero attached hydrogens (tertiary/aromatic N) is 1. The molecule has 1 aliphatic carbocycles. The molecule has 0 bridgehead atoms. The van der Waals surface area contributed by atoms with Gasteiger partial charge in [0.2, 0.25) is 0 Å². The number of hydrogen-bond donors (Lipinski definition) is 3. The van der Waals surface area contributed by atoms with Crippen LogP contribution >= 0.6 is 35.7 Å². The van der Waals surface area contributed by atoms with Crippen LogP contribution in [-0.2, 0) is 0 Å². The first-order chi connectivity index (χ1) is 9.72. The molecule has 6 heteroatoms. The summed E-state index contributed by atoms with van der Waals surface area (Å²) in [4.78, 5) is 4.61. The Balaban J connectivity index is 0.00000220. The molecule has 0 aromatic heterocycles. The van der Waals surface area contributed by atoms with E-state index in [0.717, 1.165) is 50.0 Å². The number of nitrogens with one attached hydrogen (secondary N) is 2. The largest absolute Gasteiger partial charge is 0.388 e. The van der Waals surface area contributed by atoms with E-state index in [9.17, 15) is 5.11 Å². The van der Waals surface area contributed by atoms with Crippen LogP contribution < -0.4 is 10.6 Å². The monoisotopic (exact) mass is 427 g/mol. The Morgan fingerprint density at radius 2 is 2.00 bits per heavy atom. The molecule has 2 rings (SSSR count). The van der Waals surface area contributed by atoms with E-state index in [2.05, 4.69) is 34.3 Å². The van der Waals surface area contributed by atoms with E-state index >= 15 is 0 Å². The average molecular weight is 427 g/mol. The number of guanidine groups is 1. The number of thioether (sulfide) groups is 1. The summed E-state index contributed by atoms with van der Waals surface area (Å²) in [7, 11) is 0. The molecule has 1 heterocycles. The zero-order valence-electron chi connectivity index (χ0n) is 13.1. The van der Waals surface area contributed by atoms with Gasteiger partial charge in [-0.05, 0) is 38.4 Å². The second-order valence-corrected chi connectivity index (χ2v) is 7.40. The number of aliphatic hydroxyl groups is 1. The number of aliphatic imine (C=N–C) groups is 1. The van der Waals surface area contributed by atoms with Crippen molar-refractivity contribution in [2.24, 2.45) is 4.99 Å². The van der Waals surface area contributed by atoms with E-state index in [4.69, 9.17) is 0 Å². The van der Waals surface area contributed by atoms with Gasteiger partial charge >= 0.3 is 0 Å². The van der Waals surface area contributed by atoms with Crippen LogP contribution in [0.3, 0.4) is 0 Å². The molecule has 21 heavy (non-hydrogen) atoms. The van der Waals surface area contributed by atoms with Crippen LogP contribution in [0.2, 0.25) is 0 Å². The van der Waals surface area contributed by atoms with Crippen molar-refractivity contribution < 1.29 is 5.11 Å². The van der Waals surface area contributed by atoms with Crippen molar-refractivity contribution in [1.82, 2.24) is 10.6 Å². The smallest absolute Gasteiger partial charge is 0.191 e. The molecule has 1 saturated carbocycles. The first-order valence-electron chi connectivity index (χ1n) is 8.08. The molecule has 0 amide bonds. The summed E-state index contributed by atoms with van der Waals surface area (Å²) in [5, 5.41) is 17.9. The van der Waals surface area contributed by atoms with E-state index < -0.39 is 5.60 Å². The predicted octanol–water partition coefficient (Wildman–Crippen LogP) is 2.75. The van der Waals surface area contributed by atoms with Crippen LogP contribution in [0.4, 0.5) is 0 Å². The van der Waals surface area contributed by atoms with Crippen molar-refractivity contribution in [3.05, 3.63) is 0 Å². The highest BCUT2D eigenvalue weighted by Crippen LogP contribution is 2.28. The molecule has 0 aromatic carbocycles. The zero-order chi connectivity index (χ0) is 14.3. The van der Waals surface area contributed by atoms with Crippen molar-refractivity contribution in [2.45, 2.75) is 62.7 Å². The Morgan fingerprint density at radius 1 is 1.24 bits per heavy atom. The highest BCUT2D eigenvalue weighted by Gasteiger charge is 2.28. The van der Waals surface area contributed by atoms with Crippen molar-refractivity contribution in [1.29, 1.82) is 0 Å². The Hall–Kier alpha value is 0.310. The van der Waals surface area contributed by atoms with E-state index in [0.29, 0.717) is 6.54 Å². The van der Waals surface area contributed by atoms with Gasteiger partial charge in [0, 0.05) is 18.3 Å². The molecule has 2 fully saturated rings. The fourth-order valence-corrected chi connectivity index (χ4v) is 4.15. The Kier molecular flexibility index (Phi) is 9.36. The van der Waals surface area contributed by atoms with E-state index in [1.807, 2.05) is 0 Å². The molecule has 1 atom stereocenters. The molecule has 3 N–H and O–H groups in total. The fraction of sp³-hybridized carbons (Fsp3) is 0.933. The quantitative estimate of drug-likeness (QED) is 0.359. The lowest BCUT2D eigenvalue weighted by Crippen LogP contribution is -2.42. The van der Waals surface area contributed by atoms with Crippen molar-refractivity contribution in [3.63, 3.8) is 0 Å². The lowest BCUT2D eigenvalue weighted by molar-refractivity contribution is 0.0131. The van der Waals surface area contributed by atoms with Crippen LogP contribution in [0.5, 0.6) is 0 Å². The molecule has 1 saturated heterocycles. The van der Waals surface area contributed by atoms with Gasteiger partial charge in [0.15, 0.2) is 5.96 Å². The Bertz CT molecular complexity index is 316. The normalized spacial score (nSPS) is 25.2. The van der Waals surface area contributed by atoms with Crippen molar-refractivity contribution >= 4 is 41.7 Å². The van der Waals surface area contributed by atoms with Gasteiger partial charge in [-0.15, -0.1) is 24.0 Å². The molecule has 4 nitrogen and oxygen atoms in total. The lowest BCUT2D eigenvalue weighted by atomic mass is 9.85. The minimum atomic E-state index is -0.567. The van der Waals surface area contributed by atoms with E-state index in [-0.39, 0.29) is 24.0 Å². The summed E-state index contributed by atoms with van der Waals surface area (Å²) in [6.45, 7) is 4.45. The second kappa shape index (κ2) is 10.2. The summed E-state index contributed by atoms with van der Waals surface area (Å²) in [6, 6.07) is 0. The zero-order valence-corrected chi connectivity index (χ0v) is 16.2. The Labute approximate surface area is 150 Å². The minimum Gasteiger partial charge on any atom is -0.388 e. The van der Waals surface area contributed by atoms with Crippen LogP contribution in [0.15, 0.2) is 4.99 Å². The Morgan fingerprint density at radius 3 is 2.62 bits per heavy atom. The molecule has 124 valence electrons. The lowest BCUT2D eigenvalue weighted by Gasteiger charge is -2.30. The topological polar surface area (TPSA) is 56.7 Å². The van der Waals surface area contributed by atoms with Gasteiger partial charge in [-0.2, -0.15) is 11.8 Å². The van der Waals surface area contributed by atoms with Crippen molar-refractivity contribution in [2.75, 3.05) is 25.4 Å². The van der Waals surface area contributed by atoms with Crippen LogP contribution in [0, 0.1) is 0 Å². The summed E-state index contributed by atoms with van der Waals surface area (Å²) in [5.41, 5.74) is -0.567. The molecule has 0 radical (unpaired) electrons. The van der Waals surface area contributed by atoms with Gasteiger partial charge in [0.05, 0.1) is 12.1 Å². The molecule has 1 unspecified atom stereocenters. The summed E-state index contributed by atoms with van der Waals surface area (Å²) in [5.74, 6) is 2.15. The maximum atomic E-state index is 10.5. The molecule has 1 aliphatic heterocycles. The van der Waals surface area contributed by atoms with E-state index in [1.54, 1.807) is 0 Å². The minimum absolute atomic E-state index is 0. The van der Waals surface area contributed by atoms with Crippen LogP contribution in [0.25, 0.3) is 0 Å².